The van der Waals surface area contributed by atoms with E-state index in [1.807, 2.05) is 28.9 Å². The number of ether oxygens (including phenoxy) is 1. The lowest BCUT2D eigenvalue weighted by Gasteiger charge is -2.28. The van der Waals surface area contributed by atoms with Crippen molar-refractivity contribution in [3.8, 4) is 0 Å². The molecule has 0 aromatic carbocycles. The summed E-state index contributed by atoms with van der Waals surface area (Å²) in [6.07, 6.45) is 9.79. The van der Waals surface area contributed by atoms with Crippen LogP contribution in [0.1, 0.15) is 2.85 Å². The minimum atomic E-state index is -0.399. The number of pyridine rings is 2. The Morgan fingerprint density at radius 3 is 2.90 bits per heavy atom. The number of anilines is 1. The largest absolute Gasteiger partial charge is 0.384 e. The summed E-state index contributed by atoms with van der Waals surface area (Å²) in [5.41, 5.74) is 7.66. The number of aliphatic imine (C=N–C) groups is 2. The lowest BCUT2D eigenvalue weighted by molar-refractivity contribution is 0.0533. The molecule has 1 fully saturated rings. The SMILES string of the molecule is NC(/C=C(\N=C\Nc1ccc(F)cn1)N1CCOCC1)=Nc1ccn2ccnc2c1.[HH].[HH]. The van der Waals surface area contributed by atoms with Gasteiger partial charge in [0.15, 0.2) is 0 Å². The Balaban J connectivity index is 0.00000181. The molecule has 3 aromatic rings. The molecule has 9 nitrogen and oxygen atoms in total. The standard InChI is InChI=1S/C20H21FN8O.2H2/c21-15-1-2-18(24-13-15)25-14-26-20(29-7-9-30-10-8-29)12-17(22)27-16-3-5-28-6-4-23-19(28)11-16;;/h1-6,11-14H,7-10H2,(H2,22,27)(H,24,25,26);2*1H/b20-12+;;. The number of amidine groups is 1. The van der Waals surface area contributed by atoms with Crippen LogP contribution in [0.3, 0.4) is 0 Å². The number of hydrogen-bond acceptors (Lipinski definition) is 6. The third kappa shape index (κ3) is 4.97. The number of morpholine rings is 1. The maximum absolute atomic E-state index is 13.0. The zero-order valence-corrected chi connectivity index (χ0v) is 16.1. The zero-order chi connectivity index (χ0) is 20.8. The first-order valence-electron chi connectivity index (χ1n) is 9.39. The summed E-state index contributed by atoms with van der Waals surface area (Å²) in [6, 6.07) is 6.55. The van der Waals surface area contributed by atoms with Crippen LogP contribution in [0.4, 0.5) is 15.9 Å². The summed E-state index contributed by atoms with van der Waals surface area (Å²) in [6.45, 7) is 2.58. The summed E-state index contributed by atoms with van der Waals surface area (Å²) in [4.78, 5) is 19.2. The van der Waals surface area contributed by atoms with Crippen molar-refractivity contribution < 1.29 is 12.0 Å². The number of hydrogen-bond donors (Lipinski definition) is 2. The van der Waals surface area contributed by atoms with E-state index in [1.165, 1.54) is 18.5 Å². The molecule has 3 N–H and O–H groups in total. The minimum Gasteiger partial charge on any atom is -0.384 e. The topological polar surface area (TPSA) is 105 Å². The van der Waals surface area contributed by atoms with Gasteiger partial charge in [0, 0.05) is 46.7 Å². The van der Waals surface area contributed by atoms with Gasteiger partial charge in [-0.05, 0) is 18.2 Å². The fourth-order valence-electron chi connectivity index (χ4n) is 2.91. The molecule has 0 radical (unpaired) electrons. The number of fused-ring (bicyclic) bond motifs is 1. The van der Waals surface area contributed by atoms with Crippen LogP contribution in [-0.4, -0.2) is 57.7 Å². The summed E-state index contributed by atoms with van der Waals surface area (Å²) < 4.78 is 20.3. The monoisotopic (exact) mass is 412 g/mol. The molecular weight excluding hydrogens is 387 g/mol. The molecule has 4 heterocycles. The molecular formula is C20H25FN8O. The summed E-state index contributed by atoms with van der Waals surface area (Å²) in [7, 11) is 0. The van der Waals surface area contributed by atoms with Gasteiger partial charge in [-0.15, -0.1) is 0 Å². The molecule has 4 rings (SSSR count). The van der Waals surface area contributed by atoms with Crippen molar-refractivity contribution in [3.05, 3.63) is 66.8 Å². The summed E-state index contributed by atoms with van der Waals surface area (Å²) >= 11 is 0. The smallest absolute Gasteiger partial charge is 0.141 e. The van der Waals surface area contributed by atoms with Crippen molar-refractivity contribution in [1.29, 1.82) is 0 Å². The highest BCUT2D eigenvalue weighted by Gasteiger charge is 2.13. The normalized spacial score (nSPS) is 15.8. The van der Waals surface area contributed by atoms with Gasteiger partial charge in [-0.25, -0.2) is 24.3 Å². The lowest BCUT2D eigenvalue weighted by atomic mass is 10.3. The number of nitrogens with two attached hydrogens (primary N) is 1. The lowest BCUT2D eigenvalue weighted by Crippen LogP contribution is -2.35. The van der Waals surface area contributed by atoms with Gasteiger partial charge in [-0.2, -0.15) is 0 Å². The van der Waals surface area contributed by atoms with Crippen LogP contribution in [0, 0.1) is 5.82 Å². The highest BCUT2D eigenvalue weighted by molar-refractivity contribution is 5.94. The summed E-state index contributed by atoms with van der Waals surface area (Å²) in [5, 5.41) is 2.92. The Bertz CT molecular complexity index is 1090. The number of rotatable bonds is 6. The Morgan fingerprint density at radius 1 is 1.23 bits per heavy atom. The van der Waals surface area contributed by atoms with E-state index >= 15 is 0 Å². The second kappa shape index (κ2) is 9.14. The summed E-state index contributed by atoms with van der Waals surface area (Å²) in [5.74, 6) is 1.03. The molecule has 0 atom stereocenters. The van der Waals surface area contributed by atoms with Crippen molar-refractivity contribution in [2.45, 2.75) is 0 Å². The number of aromatic nitrogens is 3. The van der Waals surface area contributed by atoms with E-state index in [2.05, 4.69) is 30.2 Å². The first-order chi connectivity index (χ1) is 14.7. The van der Waals surface area contributed by atoms with Crippen LogP contribution in [-0.2, 0) is 4.74 Å². The predicted octanol–water partition coefficient (Wildman–Crippen LogP) is 2.66. The highest BCUT2D eigenvalue weighted by atomic mass is 19.1. The van der Waals surface area contributed by atoms with Gasteiger partial charge in [0.1, 0.15) is 28.9 Å². The predicted molar refractivity (Wildman–Crippen MR) is 117 cm³/mol. The number of halogens is 1. The number of imidazole rings is 1. The van der Waals surface area contributed by atoms with Crippen molar-refractivity contribution in [1.82, 2.24) is 19.3 Å². The van der Waals surface area contributed by atoms with Crippen molar-refractivity contribution in [3.63, 3.8) is 0 Å². The van der Waals surface area contributed by atoms with E-state index in [0.29, 0.717) is 49.5 Å². The van der Waals surface area contributed by atoms with Crippen molar-refractivity contribution >= 4 is 29.3 Å². The van der Waals surface area contributed by atoms with Gasteiger partial charge in [0.25, 0.3) is 0 Å². The molecule has 0 saturated carbocycles. The van der Waals surface area contributed by atoms with Gasteiger partial charge in [0.05, 0.1) is 31.4 Å². The number of nitrogens with one attached hydrogen (secondary N) is 1. The van der Waals surface area contributed by atoms with Crippen molar-refractivity contribution in [2.75, 3.05) is 31.6 Å². The Morgan fingerprint density at radius 2 is 2.10 bits per heavy atom. The number of nitrogens with zero attached hydrogens (tertiary/aromatic N) is 6. The molecule has 1 saturated heterocycles. The Labute approximate surface area is 175 Å². The molecule has 1 aliphatic heterocycles. The van der Waals surface area contributed by atoms with Gasteiger partial charge in [0.2, 0.25) is 0 Å². The molecule has 1 aliphatic rings. The first-order valence-corrected chi connectivity index (χ1v) is 9.39. The average molecular weight is 412 g/mol. The van der Waals surface area contributed by atoms with Gasteiger partial charge in [-0.1, -0.05) is 0 Å². The van der Waals surface area contributed by atoms with Crippen LogP contribution in [0.5, 0.6) is 0 Å². The molecule has 10 heteroatoms. The molecule has 3 aromatic heterocycles. The molecule has 0 spiro atoms. The maximum Gasteiger partial charge on any atom is 0.141 e. The Kier molecular flexibility index (Phi) is 5.95. The zero-order valence-electron chi connectivity index (χ0n) is 16.1. The van der Waals surface area contributed by atoms with Crippen LogP contribution in [0.15, 0.2) is 70.9 Å². The van der Waals surface area contributed by atoms with Crippen LogP contribution >= 0.6 is 0 Å². The van der Waals surface area contributed by atoms with E-state index in [4.69, 9.17) is 10.5 Å². The van der Waals surface area contributed by atoms with Crippen molar-refractivity contribution in [2.24, 2.45) is 15.7 Å². The van der Waals surface area contributed by atoms with Gasteiger partial charge < -0.3 is 25.1 Å². The van der Waals surface area contributed by atoms with Gasteiger partial charge >= 0.3 is 0 Å². The van der Waals surface area contributed by atoms with Crippen LogP contribution in [0.2, 0.25) is 0 Å². The van der Waals surface area contributed by atoms with E-state index in [1.54, 1.807) is 12.3 Å². The fourth-order valence-corrected chi connectivity index (χ4v) is 2.91. The van der Waals surface area contributed by atoms with Crippen LogP contribution in [0.25, 0.3) is 5.65 Å². The third-order valence-electron chi connectivity index (χ3n) is 4.39. The minimum absolute atomic E-state index is 0. The fraction of sp³-hybridized carbons (Fsp3) is 0.200. The molecule has 158 valence electrons. The van der Waals surface area contributed by atoms with E-state index < -0.39 is 5.82 Å². The second-order valence-electron chi connectivity index (χ2n) is 6.48. The quantitative estimate of drug-likeness (QED) is 0.476. The Hall–Kier alpha value is -3.79. The highest BCUT2D eigenvalue weighted by Crippen LogP contribution is 2.15. The average Bonchev–Trinajstić information content (AvgIpc) is 3.23. The first kappa shape index (κ1) is 19.5. The van der Waals surface area contributed by atoms with Gasteiger partial charge in [-0.3, -0.25) is 0 Å². The molecule has 0 aliphatic carbocycles. The third-order valence-corrected chi connectivity index (χ3v) is 4.39. The maximum atomic E-state index is 13.0. The molecule has 0 unspecified atom stereocenters. The second-order valence-corrected chi connectivity index (χ2v) is 6.48. The van der Waals surface area contributed by atoms with E-state index in [0.717, 1.165) is 11.8 Å². The molecule has 30 heavy (non-hydrogen) atoms. The molecule has 0 bridgehead atoms. The van der Waals surface area contributed by atoms with Crippen LogP contribution < -0.4 is 11.1 Å². The van der Waals surface area contributed by atoms with E-state index in [-0.39, 0.29) is 2.85 Å². The molecule has 0 amide bonds. The van der Waals surface area contributed by atoms with E-state index in [9.17, 15) is 4.39 Å².